The molecule has 2 amide bonds. The van der Waals surface area contributed by atoms with Gasteiger partial charge in [0.2, 0.25) is 5.91 Å². The second kappa shape index (κ2) is 9.51. The van der Waals surface area contributed by atoms with E-state index in [9.17, 15) is 19.8 Å². The second-order valence-corrected chi connectivity index (χ2v) is 6.75. The van der Waals surface area contributed by atoms with Crippen LogP contribution in [0.3, 0.4) is 0 Å². The molecule has 4 atom stereocenters. The van der Waals surface area contributed by atoms with Gasteiger partial charge in [0.15, 0.2) is 0 Å². The topological polar surface area (TPSA) is 117 Å². The van der Waals surface area contributed by atoms with Gasteiger partial charge in [0.25, 0.3) is 5.91 Å². The molecule has 0 radical (unpaired) electrons. The Labute approximate surface area is 168 Å². The van der Waals surface area contributed by atoms with Gasteiger partial charge in [-0.25, -0.2) is 0 Å². The number of benzene rings is 2. The van der Waals surface area contributed by atoms with Gasteiger partial charge in [-0.2, -0.15) is 0 Å². The molecule has 8 heteroatoms. The van der Waals surface area contributed by atoms with Crippen LogP contribution in [-0.4, -0.2) is 60.1 Å². The fourth-order valence-corrected chi connectivity index (χ4v) is 3.12. The van der Waals surface area contributed by atoms with Crippen LogP contribution in [0, 0.1) is 0 Å². The van der Waals surface area contributed by atoms with Crippen LogP contribution >= 0.6 is 0 Å². The number of aliphatic hydroxyl groups is 2. The maximum atomic E-state index is 12.2. The number of nitrogens with one attached hydrogen (secondary N) is 2. The van der Waals surface area contributed by atoms with Crippen LogP contribution in [0.4, 0.5) is 5.69 Å². The third kappa shape index (κ3) is 5.32. The first kappa shape index (κ1) is 20.8. The molecule has 4 N–H and O–H groups in total. The number of rotatable bonds is 7. The van der Waals surface area contributed by atoms with E-state index in [1.54, 1.807) is 48.5 Å². The average molecular weight is 400 g/mol. The van der Waals surface area contributed by atoms with Gasteiger partial charge in [-0.15, -0.1) is 0 Å². The van der Waals surface area contributed by atoms with Crippen molar-refractivity contribution in [2.45, 2.75) is 30.8 Å². The summed E-state index contributed by atoms with van der Waals surface area (Å²) in [7, 11) is 1.54. The van der Waals surface area contributed by atoms with E-state index in [-0.39, 0.29) is 24.8 Å². The lowest BCUT2D eigenvalue weighted by Gasteiger charge is -2.15. The molecule has 4 unspecified atom stereocenters. The Morgan fingerprint density at radius 1 is 1.00 bits per heavy atom. The number of amides is 2. The number of ether oxygens (including phenoxy) is 2. The third-order valence-corrected chi connectivity index (χ3v) is 4.72. The largest absolute Gasteiger partial charge is 0.497 e. The summed E-state index contributed by atoms with van der Waals surface area (Å²) >= 11 is 0. The average Bonchev–Trinajstić information content (AvgIpc) is 3.00. The lowest BCUT2D eigenvalue weighted by Crippen LogP contribution is -2.40. The lowest BCUT2D eigenvalue weighted by atomic mass is 10.1. The molecule has 2 aromatic carbocycles. The highest BCUT2D eigenvalue weighted by Crippen LogP contribution is 2.24. The predicted octanol–water partition coefficient (Wildman–Crippen LogP) is 0.943. The molecule has 1 heterocycles. The van der Waals surface area contributed by atoms with E-state index >= 15 is 0 Å². The Morgan fingerprint density at radius 2 is 1.66 bits per heavy atom. The minimum atomic E-state index is -1.22. The Kier molecular flexibility index (Phi) is 6.82. The van der Waals surface area contributed by atoms with Gasteiger partial charge in [-0.1, -0.05) is 18.2 Å². The molecule has 1 aliphatic rings. The van der Waals surface area contributed by atoms with Gasteiger partial charge >= 0.3 is 0 Å². The first-order valence-corrected chi connectivity index (χ1v) is 9.26. The van der Waals surface area contributed by atoms with Gasteiger partial charge in [0, 0.05) is 17.8 Å². The summed E-state index contributed by atoms with van der Waals surface area (Å²) in [4.78, 5) is 24.4. The number of methoxy groups -OCH3 is 1. The molecule has 0 aliphatic carbocycles. The highest BCUT2D eigenvalue weighted by molar-refractivity contribution is 5.94. The van der Waals surface area contributed by atoms with E-state index in [0.717, 1.165) is 0 Å². The van der Waals surface area contributed by atoms with Crippen LogP contribution in [0.2, 0.25) is 0 Å². The Bertz CT molecular complexity index is 827. The summed E-state index contributed by atoms with van der Waals surface area (Å²) in [6.07, 6.45) is -4.23. The van der Waals surface area contributed by atoms with Crippen molar-refractivity contribution >= 4 is 17.5 Å². The van der Waals surface area contributed by atoms with E-state index in [2.05, 4.69) is 10.6 Å². The zero-order chi connectivity index (χ0) is 20.8. The van der Waals surface area contributed by atoms with Crippen molar-refractivity contribution in [3.63, 3.8) is 0 Å². The smallest absolute Gasteiger partial charge is 0.251 e. The molecule has 0 aromatic heterocycles. The van der Waals surface area contributed by atoms with Crippen molar-refractivity contribution in [3.8, 4) is 5.75 Å². The van der Waals surface area contributed by atoms with Crippen molar-refractivity contribution in [1.82, 2.24) is 5.32 Å². The molecule has 0 bridgehead atoms. The quantitative estimate of drug-likeness (QED) is 0.550. The number of anilines is 1. The standard InChI is InChI=1S/C21H24N2O6/c1-28-15-9-7-13(8-10-15)21(27)22-12-17-20(26)19(25)16(29-17)11-18(24)23-14-5-3-2-4-6-14/h2-10,16-17,19-20,25-26H,11-12H2,1H3,(H,22,27)(H,23,24). The molecular formula is C21H24N2O6. The molecule has 2 aromatic rings. The van der Waals surface area contributed by atoms with Gasteiger partial charge in [-0.3, -0.25) is 9.59 Å². The van der Waals surface area contributed by atoms with Crippen LogP contribution in [0.15, 0.2) is 54.6 Å². The number of carbonyl (C=O) groups excluding carboxylic acids is 2. The van der Waals surface area contributed by atoms with Gasteiger partial charge in [0.1, 0.15) is 24.1 Å². The molecule has 154 valence electrons. The summed E-state index contributed by atoms with van der Waals surface area (Å²) in [6, 6.07) is 15.5. The SMILES string of the molecule is COc1ccc(C(=O)NCC2OC(CC(=O)Nc3ccccc3)C(O)C2O)cc1. The minimum absolute atomic E-state index is 0.000106. The third-order valence-electron chi connectivity index (χ3n) is 4.72. The van der Waals surface area contributed by atoms with Gasteiger partial charge in [-0.05, 0) is 36.4 Å². The monoisotopic (exact) mass is 400 g/mol. The lowest BCUT2D eigenvalue weighted by molar-refractivity contribution is -0.120. The van der Waals surface area contributed by atoms with Crippen LogP contribution in [0.5, 0.6) is 5.75 Å². The van der Waals surface area contributed by atoms with Crippen LogP contribution < -0.4 is 15.4 Å². The van der Waals surface area contributed by atoms with Crippen molar-refractivity contribution in [3.05, 3.63) is 60.2 Å². The molecule has 1 saturated heterocycles. The Morgan fingerprint density at radius 3 is 2.31 bits per heavy atom. The Hall–Kier alpha value is -2.94. The highest BCUT2D eigenvalue weighted by atomic mass is 16.5. The first-order valence-electron chi connectivity index (χ1n) is 9.26. The van der Waals surface area contributed by atoms with E-state index < -0.39 is 24.4 Å². The van der Waals surface area contributed by atoms with Crippen molar-refractivity contribution in [1.29, 1.82) is 0 Å². The summed E-state index contributed by atoms with van der Waals surface area (Å²) in [6.45, 7) is -0.000106. The fraction of sp³-hybridized carbons (Fsp3) is 0.333. The summed E-state index contributed by atoms with van der Waals surface area (Å²) in [5.41, 5.74) is 1.06. The number of para-hydroxylation sites is 1. The molecule has 0 saturated carbocycles. The number of hydrogen-bond acceptors (Lipinski definition) is 6. The van der Waals surface area contributed by atoms with Crippen LogP contribution in [0.25, 0.3) is 0 Å². The second-order valence-electron chi connectivity index (χ2n) is 6.75. The minimum Gasteiger partial charge on any atom is -0.497 e. The molecule has 0 spiro atoms. The van der Waals surface area contributed by atoms with Crippen LogP contribution in [0.1, 0.15) is 16.8 Å². The van der Waals surface area contributed by atoms with Crippen LogP contribution in [-0.2, 0) is 9.53 Å². The maximum Gasteiger partial charge on any atom is 0.251 e. The van der Waals surface area contributed by atoms with Gasteiger partial charge < -0.3 is 30.3 Å². The van der Waals surface area contributed by atoms with E-state index in [0.29, 0.717) is 17.0 Å². The zero-order valence-electron chi connectivity index (χ0n) is 15.9. The first-order chi connectivity index (χ1) is 14.0. The maximum absolute atomic E-state index is 12.2. The van der Waals surface area contributed by atoms with Crippen molar-refractivity contribution in [2.75, 3.05) is 19.0 Å². The predicted molar refractivity (Wildman–Crippen MR) is 106 cm³/mol. The Balaban J connectivity index is 1.50. The molecule has 8 nitrogen and oxygen atoms in total. The highest BCUT2D eigenvalue weighted by Gasteiger charge is 2.43. The zero-order valence-corrected chi connectivity index (χ0v) is 15.9. The normalized spacial score (nSPS) is 23.4. The van der Waals surface area contributed by atoms with Crippen molar-refractivity contribution in [2.24, 2.45) is 0 Å². The van der Waals surface area contributed by atoms with E-state index in [4.69, 9.17) is 9.47 Å². The number of aliphatic hydroxyl groups excluding tert-OH is 2. The summed E-state index contributed by atoms with van der Waals surface area (Å²) in [5.74, 6) is -0.0468. The number of hydrogen-bond donors (Lipinski definition) is 4. The van der Waals surface area contributed by atoms with E-state index in [1.807, 2.05) is 6.07 Å². The van der Waals surface area contributed by atoms with Crippen molar-refractivity contribution < 1.29 is 29.3 Å². The van der Waals surface area contributed by atoms with E-state index in [1.165, 1.54) is 7.11 Å². The summed E-state index contributed by atoms with van der Waals surface area (Å²) in [5, 5.41) is 25.8. The molecule has 1 fully saturated rings. The number of carbonyl (C=O) groups is 2. The fourth-order valence-electron chi connectivity index (χ4n) is 3.12. The molecular weight excluding hydrogens is 376 g/mol. The van der Waals surface area contributed by atoms with Gasteiger partial charge in [0.05, 0.1) is 19.6 Å². The molecule has 3 rings (SSSR count). The summed E-state index contributed by atoms with van der Waals surface area (Å²) < 4.78 is 10.7. The molecule has 29 heavy (non-hydrogen) atoms. The molecule has 1 aliphatic heterocycles.